The van der Waals surface area contributed by atoms with Gasteiger partial charge in [-0.2, -0.15) is 5.26 Å². The first kappa shape index (κ1) is 13.2. The summed E-state index contributed by atoms with van der Waals surface area (Å²) in [5, 5.41) is 17.1. The smallest absolute Gasteiger partial charge is 0.190 e. The molecule has 0 spiro atoms. The van der Waals surface area contributed by atoms with Gasteiger partial charge in [-0.25, -0.2) is 4.68 Å². The number of hydrogen-bond acceptors (Lipinski definition) is 4. The molecule has 5 nitrogen and oxygen atoms in total. The molecule has 2 rings (SSSR count). The van der Waals surface area contributed by atoms with Gasteiger partial charge in [0.05, 0.1) is 0 Å². The second-order valence-electron chi connectivity index (χ2n) is 4.42. The van der Waals surface area contributed by atoms with Gasteiger partial charge >= 0.3 is 0 Å². The largest absolute Gasteiger partial charge is 0.264 e. The molecule has 98 valence electrons. The van der Waals surface area contributed by atoms with Crippen LogP contribution in [0.25, 0.3) is 11.3 Å². The van der Waals surface area contributed by atoms with Crippen molar-refractivity contribution in [1.82, 2.24) is 20.0 Å². The molecular formula is C14H17N5. The molecular weight excluding hydrogens is 238 g/mol. The molecule has 0 fully saturated rings. The van der Waals surface area contributed by atoms with Crippen LogP contribution in [0.4, 0.5) is 0 Å². The highest BCUT2D eigenvalue weighted by molar-refractivity contribution is 5.63. The third-order valence-electron chi connectivity index (χ3n) is 3.00. The average Bonchev–Trinajstić information content (AvgIpc) is 2.87. The maximum atomic E-state index is 9.12. The number of aromatic nitrogens is 4. The summed E-state index contributed by atoms with van der Waals surface area (Å²) in [6.07, 6.45) is 8.10. The monoisotopic (exact) mass is 255 g/mol. The van der Waals surface area contributed by atoms with E-state index < -0.39 is 0 Å². The van der Waals surface area contributed by atoms with Crippen molar-refractivity contribution in [3.63, 3.8) is 0 Å². The summed E-state index contributed by atoms with van der Waals surface area (Å²) in [4.78, 5) is 4.09. The minimum absolute atomic E-state index is 0.364. The molecule has 0 N–H and O–H groups in total. The fraction of sp³-hybridized carbons (Fsp3) is 0.429. The van der Waals surface area contributed by atoms with E-state index in [1.807, 2.05) is 16.8 Å². The van der Waals surface area contributed by atoms with Crippen LogP contribution in [-0.2, 0) is 6.54 Å². The zero-order chi connectivity index (χ0) is 13.5. The van der Waals surface area contributed by atoms with Gasteiger partial charge in [-0.15, -0.1) is 5.10 Å². The van der Waals surface area contributed by atoms with E-state index in [0.717, 1.165) is 24.2 Å². The van der Waals surface area contributed by atoms with Crippen molar-refractivity contribution in [3.8, 4) is 17.3 Å². The van der Waals surface area contributed by atoms with Gasteiger partial charge in [-0.1, -0.05) is 31.4 Å². The summed E-state index contributed by atoms with van der Waals surface area (Å²) in [6.45, 7) is 2.98. The number of hydrogen-bond donors (Lipinski definition) is 0. The molecule has 0 aliphatic carbocycles. The lowest BCUT2D eigenvalue weighted by molar-refractivity contribution is 0.531. The third kappa shape index (κ3) is 3.16. The van der Waals surface area contributed by atoms with Crippen molar-refractivity contribution in [2.45, 2.75) is 39.2 Å². The first-order valence-electron chi connectivity index (χ1n) is 6.60. The molecule has 2 aromatic heterocycles. The van der Waals surface area contributed by atoms with E-state index in [2.05, 4.69) is 28.3 Å². The number of nitrogens with zero attached hydrogens (tertiary/aromatic N) is 5. The van der Waals surface area contributed by atoms with Gasteiger partial charge in [-0.05, 0) is 18.6 Å². The Bertz CT molecular complexity index is 553. The van der Waals surface area contributed by atoms with Crippen molar-refractivity contribution >= 4 is 0 Å². The van der Waals surface area contributed by atoms with Gasteiger partial charge in [0.2, 0.25) is 0 Å². The van der Waals surface area contributed by atoms with E-state index in [4.69, 9.17) is 5.26 Å². The minimum atomic E-state index is 0.364. The van der Waals surface area contributed by atoms with Crippen LogP contribution in [0, 0.1) is 11.3 Å². The fourth-order valence-electron chi connectivity index (χ4n) is 2.02. The summed E-state index contributed by atoms with van der Waals surface area (Å²) in [5.74, 6) is 0. The number of nitriles is 1. The van der Waals surface area contributed by atoms with Gasteiger partial charge in [0.15, 0.2) is 5.69 Å². The molecule has 0 radical (unpaired) electrons. The molecule has 5 heteroatoms. The minimum Gasteiger partial charge on any atom is -0.264 e. The Morgan fingerprint density at radius 3 is 2.89 bits per heavy atom. The van der Waals surface area contributed by atoms with Crippen molar-refractivity contribution in [2.24, 2.45) is 0 Å². The molecule has 0 saturated heterocycles. The van der Waals surface area contributed by atoms with Crippen LogP contribution in [0.3, 0.4) is 0 Å². The van der Waals surface area contributed by atoms with Crippen LogP contribution in [0.1, 0.15) is 38.3 Å². The second-order valence-corrected chi connectivity index (χ2v) is 4.42. The van der Waals surface area contributed by atoms with Crippen molar-refractivity contribution in [3.05, 3.63) is 30.2 Å². The molecule has 2 heterocycles. The molecule has 0 aliphatic rings. The molecule has 2 aromatic rings. The Labute approximate surface area is 112 Å². The van der Waals surface area contributed by atoms with Crippen LogP contribution in [0.15, 0.2) is 24.5 Å². The topological polar surface area (TPSA) is 67.4 Å². The van der Waals surface area contributed by atoms with Gasteiger partial charge in [0.25, 0.3) is 0 Å². The van der Waals surface area contributed by atoms with Crippen LogP contribution >= 0.6 is 0 Å². The van der Waals surface area contributed by atoms with Gasteiger partial charge < -0.3 is 0 Å². The average molecular weight is 255 g/mol. The standard InChI is InChI=1S/C14H17N5/c1-2-3-4-5-9-19-14(13(10-15)17-18-19)12-7-6-8-16-11-12/h6-8,11H,2-5,9H2,1H3. The lowest BCUT2D eigenvalue weighted by atomic mass is 10.1. The van der Waals surface area contributed by atoms with Gasteiger partial charge in [0.1, 0.15) is 11.8 Å². The first-order valence-corrected chi connectivity index (χ1v) is 6.60. The van der Waals surface area contributed by atoms with E-state index in [1.54, 1.807) is 12.4 Å². The van der Waals surface area contributed by atoms with Crippen molar-refractivity contribution < 1.29 is 0 Å². The molecule has 0 bridgehead atoms. The highest BCUT2D eigenvalue weighted by Gasteiger charge is 2.14. The lowest BCUT2D eigenvalue weighted by Gasteiger charge is -2.06. The SMILES string of the molecule is CCCCCCn1nnc(C#N)c1-c1cccnc1. The second kappa shape index (κ2) is 6.64. The highest BCUT2D eigenvalue weighted by Crippen LogP contribution is 2.21. The van der Waals surface area contributed by atoms with Crippen LogP contribution in [0.2, 0.25) is 0 Å². The molecule has 0 unspecified atom stereocenters. The Balaban J connectivity index is 2.21. The van der Waals surface area contributed by atoms with Crippen molar-refractivity contribution in [2.75, 3.05) is 0 Å². The van der Waals surface area contributed by atoms with E-state index >= 15 is 0 Å². The summed E-state index contributed by atoms with van der Waals surface area (Å²) in [7, 11) is 0. The van der Waals surface area contributed by atoms with Gasteiger partial charge in [0, 0.05) is 24.5 Å². The predicted octanol–water partition coefficient (Wildman–Crippen LogP) is 2.79. The summed E-state index contributed by atoms with van der Waals surface area (Å²) < 4.78 is 1.81. The van der Waals surface area contributed by atoms with Crippen LogP contribution < -0.4 is 0 Å². The number of aryl methyl sites for hydroxylation is 1. The van der Waals surface area contributed by atoms with E-state index in [1.165, 1.54) is 19.3 Å². The molecule has 0 atom stereocenters. The first-order chi connectivity index (χ1) is 9.36. The Kier molecular flexibility index (Phi) is 4.62. The van der Waals surface area contributed by atoms with Crippen LogP contribution in [-0.4, -0.2) is 20.0 Å². The van der Waals surface area contributed by atoms with E-state index in [0.29, 0.717) is 5.69 Å². The van der Waals surface area contributed by atoms with Crippen LogP contribution in [0.5, 0.6) is 0 Å². The van der Waals surface area contributed by atoms with Crippen molar-refractivity contribution in [1.29, 1.82) is 5.26 Å². The Morgan fingerprint density at radius 2 is 2.21 bits per heavy atom. The van der Waals surface area contributed by atoms with E-state index in [9.17, 15) is 0 Å². The maximum Gasteiger partial charge on any atom is 0.190 e. The molecule has 19 heavy (non-hydrogen) atoms. The summed E-state index contributed by atoms with van der Waals surface area (Å²) in [5.41, 5.74) is 2.02. The highest BCUT2D eigenvalue weighted by atomic mass is 15.4. The molecule has 0 aliphatic heterocycles. The maximum absolute atomic E-state index is 9.12. The predicted molar refractivity (Wildman–Crippen MR) is 72.1 cm³/mol. The Hall–Kier alpha value is -2.22. The Morgan fingerprint density at radius 1 is 1.32 bits per heavy atom. The molecule has 0 saturated carbocycles. The molecule has 0 aromatic carbocycles. The normalized spacial score (nSPS) is 10.3. The number of pyridine rings is 1. The fourth-order valence-corrected chi connectivity index (χ4v) is 2.02. The third-order valence-corrected chi connectivity index (χ3v) is 3.00. The number of rotatable bonds is 6. The number of unbranched alkanes of at least 4 members (excludes halogenated alkanes) is 3. The van der Waals surface area contributed by atoms with E-state index in [-0.39, 0.29) is 0 Å². The quantitative estimate of drug-likeness (QED) is 0.744. The lowest BCUT2D eigenvalue weighted by Crippen LogP contribution is -2.03. The van der Waals surface area contributed by atoms with Gasteiger partial charge in [-0.3, -0.25) is 4.98 Å². The summed E-state index contributed by atoms with van der Waals surface area (Å²) in [6, 6.07) is 5.87. The zero-order valence-electron chi connectivity index (χ0n) is 11.1. The summed E-state index contributed by atoms with van der Waals surface area (Å²) >= 11 is 0. The molecule has 0 amide bonds. The zero-order valence-corrected chi connectivity index (χ0v) is 11.1.